The molecule has 8 nitrogen and oxygen atoms in total. The average Bonchev–Trinajstić information content (AvgIpc) is 2.78. The number of nitrogens with zero attached hydrogens (tertiary/aromatic N) is 1. The molecule has 0 aliphatic heterocycles. The summed E-state index contributed by atoms with van der Waals surface area (Å²) in [6, 6.07) is 16.4. The van der Waals surface area contributed by atoms with Gasteiger partial charge < -0.3 is 14.8 Å². The van der Waals surface area contributed by atoms with E-state index in [4.69, 9.17) is 9.47 Å². The third-order valence-corrected chi connectivity index (χ3v) is 6.06. The largest absolute Gasteiger partial charge is 0.489 e. The van der Waals surface area contributed by atoms with Gasteiger partial charge in [-0.1, -0.05) is 56.0 Å². The second-order valence-corrected chi connectivity index (χ2v) is 10.7. The highest BCUT2D eigenvalue weighted by molar-refractivity contribution is 7.87. The van der Waals surface area contributed by atoms with Crippen LogP contribution in [0.5, 0.6) is 5.75 Å². The lowest BCUT2D eigenvalue weighted by molar-refractivity contribution is 0.0527. The van der Waals surface area contributed by atoms with Crippen LogP contribution in [-0.2, 0) is 21.6 Å². The summed E-state index contributed by atoms with van der Waals surface area (Å²) in [6.07, 6.45) is 4.80. The normalized spacial score (nSPS) is 11.7. The number of hydrogen-bond donors (Lipinski definition) is 2. The zero-order valence-electron chi connectivity index (χ0n) is 20.9. The van der Waals surface area contributed by atoms with Crippen LogP contribution in [0.3, 0.4) is 0 Å². The molecule has 0 aromatic heterocycles. The molecule has 0 unspecified atom stereocenters. The Labute approximate surface area is 209 Å². The lowest BCUT2D eigenvalue weighted by Crippen LogP contribution is -2.32. The van der Waals surface area contributed by atoms with Gasteiger partial charge in [-0.3, -0.25) is 4.55 Å². The molecule has 0 aliphatic carbocycles. The first-order valence-corrected chi connectivity index (χ1v) is 13.4. The predicted molar refractivity (Wildman–Crippen MR) is 138 cm³/mol. The molecular weight excluding hydrogens is 468 g/mol. The summed E-state index contributed by atoms with van der Waals surface area (Å²) in [6.45, 7) is 6.66. The fourth-order valence-electron chi connectivity index (χ4n) is 3.42. The van der Waals surface area contributed by atoms with E-state index >= 15 is 0 Å². The zero-order valence-corrected chi connectivity index (χ0v) is 21.7. The number of nitrogens with one attached hydrogen (secondary N) is 1. The topological polar surface area (TPSA) is 105 Å². The Kier molecular flexibility index (Phi) is 11.3. The standard InChI is InChI=1S/C26H38N2O6S/c1-26(2,3)34-25(29)27-19-11-6-4-5-7-12-20-28(35(30,31)32)23-15-17-24(18-16-23)33-21-22-13-9-8-10-14-22/h8-10,13-18H,4-7,11-12,19-21H2,1-3H3,(H,27,29)(H,30,31,32). The van der Waals surface area contributed by atoms with Gasteiger partial charge in [-0.2, -0.15) is 8.42 Å². The van der Waals surface area contributed by atoms with Gasteiger partial charge in [0.25, 0.3) is 0 Å². The number of carbonyl (C=O) groups excluding carboxylic acids is 1. The molecule has 1 amide bonds. The highest BCUT2D eigenvalue weighted by Crippen LogP contribution is 2.23. The van der Waals surface area contributed by atoms with Crippen LogP contribution in [0.25, 0.3) is 0 Å². The molecule has 0 heterocycles. The average molecular weight is 507 g/mol. The summed E-state index contributed by atoms with van der Waals surface area (Å²) in [5.74, 6) is 0.619. The van der Waals surface area contributed by atoms with Crippen molar-refractivity contribution in [2.24, 2.45) is 0 Å². The molecule has 9 heteroatoms. The first-order valence-electron chi connectivity index (χ1n) is 12.0. The van der Waals surface area contributed by atoms with Crippen molar-refractivity contribution in [3.8, 4) is 5.75 Å². The van der Waals surface area contributed by atoms with Gasteiger partial charge in [0, 0.05) is 13.1 Å². The maximum absolute atomic E-state index is 11.9. The summed E-state index contributed by atoms with van der Waals surface area (Å²) in [5, 5.41) is 2.74. The minimum absolute atomic E-state index is 0.198. The molecule has 2 N–H and O–H groups in total. The molecule has 35 heavy (non-hydrogen) atoms. The first kappa shape index (κ1) is 28.5. The molecule has 0 bridgehead atoms. The van der Waals surface area contributed by atoms with Crippen molar-refractivity contribution in [2.75, 3.05) is 17.4 Å². The number of hydrogen-bond acceptors (Lipinski definition) is 5. The summed E-state index contributed by atoms with van der Waals surface area (Å²) in [5.41, 5.74) is 0.932. The molecule has 0 spiro atoms. The van der Waals surface area contributed by atoms with E-state index in [9.17, 15) is 17.8 Å². The molecule has 0 aliphatic rings. The van der Waals surface area contributed by atoms with Crippen molar-refractivity contribution >= 4 is 22.1 Å². The van der Waals surface area contributed by atoms with Crippen LogP contribution in [0.2, 0.25) is 0 Å². The van der Waals surface area contributed by atoms with Crippen LogP contribution >= 0.6 is 0 Å². The molecule has 0 saturated heterocycles. The number of anilines is 1. The van der Waals surface area contributed by atoms with Gasteiger partial charge in [-0.05, 0) is 63.4 Å². The molecule has 0 atom stereocenters. The van der Waals surface area contributed by atoms with Crippen molar-refractivity contribution in [3.63, 3.8) is 0 Å². The third-order valence-electron chi connectivity index (χ3n) is 5.11. The van der Waals surface area contributed by atoms with E-state index in [-0.39, 0.29) is 6.54 Å². The maximum Gasteiger partial charge on any atom is 0.407 e. The van der Waals surface area contributed by atoms with E-state index in [0.29, 0.717) is 31.0 Å². The fraction of sp³-hybridized carbons (Fsp3) is 0.500. The van der Waals surface area contributed by atoms with Gasteiger partial charge in [-0.25, -0.2) is 9.10 Å². The number of amides is 1. The van der Waals surface area contributed by atoms with Crippen LogP contribution < -0.4 is 14.4 Å². The lowest BCUT2D eigenvalue weighted by atomic mass is 10.1. The number of rotatable bonds is 14. The van der Waals surface area contributed by atoms with Crippen molar-refractivity contribution in [1.29, 1.82) is 0 Å². The summed E-state index contributed by atoms with van der Waals surface area (Å²) in [7, 11) is -4.37. The molecule has 2 aromatic carbocycles. The predicted octanol–water partition coefficient (Wildman–Crippen LogP) is 5.74. The van der Waals surface area contributed by atoms with Crippen molar-refractivity contribution in [3.05, 3.63) is 60.2 Å². The van der Waals surface area contributed by atoms with Crippen molar-refractivity contribution in [2.45, 2.75) is 71.5 Å². The fourth-order valence-corrected chi connectivity index (χ4v) is 4.17. The van der Waals surface area contributed by atoms with Gasteiger partial charge in [-0.15, -0.1) is 0 Å². The molecule has 0 saturated carbocycles. The van der Waals surface area contributed by atoms with E-state index in [1.807, 2.05) is 51.1 Å². The Bertz CT molecular complexity index is 989. The Hall–Kier alpha value is -2.78. The quantitative estimate of drug-likeness (QED) is 0.250. The summed E-state index contributed by atoms with van der Waals surface area (Å²) < 4.78 is 45.5. The zero-order chi connectivity index (χ0) is 25.7. The second-order valence-electron chi connectivity index (χ2n) is 9.37. The third kappa shape index (κ3) is 12.0. The minimum Gasteiger partial charge on any atom is -0.489 e. The Morgan fingerprint density at radius 2 is 1.51 bits per heavy atom. The van der Waals surface area contributed by atoms with Gasteiger partial charge in [0.15, 0.2) is 0 Å². The van der Waals surface area contributed by atoms with E-state index in [1.54, 1.807) is 24.3 Å². The molecule has 2 rings (SSSR count). The van der Waals surface area contributed by atoms with Crippen LogP contribution in [0.4, 0.5) is 10.5 Å². The Morgan fingerprint density at radius 3 is 2.11 bits per heavy atom. The highest BCUT2D eigenvalue weighted by atomic mass is 32.2. The molecular formula is C26H38N2O6S. The van der Waals surface area contributed by atoms with Gasteiger partial charge in [0.2, 0.25) is 0 Å². The maximum atomic E-state index is 11.9. The SMILES string of the molecule is CC(C)(C)OC(=O)NCCCCCCCCN(c1ccc(OCc2ccccc2)cc1)S(=O)(=O)O. The number of unbranched alkanes of at least 4 members (excludes halogenated alkanes) is 5. The van der Waals surface area contributed by atoms with Crippen molar-refractivity contribution in [1.82, 2.24) is 5.32 Å². The van der Waals surface area contributed by atoms with Crippen LogP contribution in [0.1, 0.15) is 64.9 Å². The smallest absolute Gasteiger partial charge is 0.407 e. The number of ether oxygens (including phenoxy) is 2. The first-order chi connectivity index (χ1) is 16.5. The molecule has 2 aromatic rings. The minimum atomic E-state index is -4.37. The monoisotopic (exact) mass is 506 g/mol. The van der Waals surface area contributed by atoms with Crippen molar-refractivity contribution < 1.29 is 27.2 Å². The Balaban J connectivity index is 1.68. The molecule has 0 radical (unpaired) electrons. The van der Waals surface area contributed by atoms with Gasteiger partial charge >= 0.3 is 16.4 Å². The highest BCUT2D eigenvalue weighted by Gasteiger charge is 2.19. The van der Waals surface area contributed by atoms with Crippen LogP contribution in [-0.4, -0.2) is 37.8 Å². The van der Waals surface area contributed by atoms with E-state index in [0.717, 1.165) is 42.0 Å². The van der Waals surface area contributed by atoms with E-state index in [1.165, 1.54) is 0 Å². The van der Waals surface area contributed by atoms with Crippen LogP contribution in [0, 0.1) is 0 Å². The Morgan fingerprint density at radius 1 is 0.914 bits per heavy atom. The molecule has 194 valence electrons. The number of carbonyl (C=O) groups is 1. The summed E-state index contributed by atoms with van der Waals surface area (Å²) >= 11 is 0. The number of alkyl carbamates (subject to hydrolysis) is 1. The second kappa shape index (κ2) is 13.9. The van der Waals surface area contributed by atoms with Gasteiger partial charge in [0.1, 0.15) is 18.0 Å². The molecule has 0 fully saturated rings. The van der Waals surface area contributed by atoms with Crippen LogP contribution in [0.15, 0.2) is 54.6 Å². The number of benzene rings is 2. The summed E-state index contributed by atoms with van der Waals surface area (Å²) in [4.78, 5) is 11.6. The van der Waals surface area contributed by atoms with E-state index < -0.39 is 22.0 Å². The van der Waals surface area contributed by atoms with Gasteiger partial charge in [0.05, 0.1) is 5.69 Å². The lowest BCUT2D eigenvalue weighted by Gasteiger charge is -2.21. The van der Waals surface area contributed by atoms with E-state index in [2.05, 4.69) is 5.32 Å².